The van der Waals surface area contributed by atoms with Gasteiger partial charge in [-0.3, -0.25) is 0 Å². The molecule has 42 heavy (non-hydrogen) atoms. The minimum Gasteiger partial charge on any atom is -0.208 e. The summed E-state index contributed by atoms with van der Waals surface area (Å²) in [5.74, 6) is 4.77. The Labute approximate surface area is 247 Å². The highest BCUT2D eigenvalue weighted by molar-refractivity contribution is 5.73. The SMILES string of the molecule is N#Cc1cccc(-c2cccc(-c3nc(-c4ccccc4)nc(-c4ccc(C56C[C@H]7C[C@H](C5)C[C@@H](C6)C7)cc4)n3)c2)c1. The number of benzene rings is 4. The minimum absolute atomic E-state index is 0.371. The van der Waals surface area contributed by atoms with Gasteiger partial charge < -0.3 is 0 Å². The molecule has 0 radical (unpaired) electrons. The van der Waals surface area contributed by atoms with E-state index >= 15 is 0 Å². The third-order valence-electron chi connectivity index (χ3n) is 9.91. The lowest BCUT2D eigenvalue weighted by Gasteiger charge is -2.57. The molecular formula is C38H32N4. The van der Waals surface area contributed by atoms with Crippen molar-refractivity contribution >= 4 is 0 Å². The Morgan fingerprint density at radius 3 is 1.64 bits per heavy atom. The highest BCUT2D eigenvalue weighted by atomic mass is 15.0. The molecule has 0 atom stereocenters. The largest absolute Gasteiger partial charge is 0.208 e. The van der Waals surface area contributed by atoms with Gasteiger partial charge in [0, 0.05) is 16.7 Å². The van der Waals surface area contributed by atoms with Crippen LogP contribution in [0.25, 0.3) is 45.3 Å². The molecule has 0 spiro atoms. The van der Waals surface area contributed by atoms with Gasteiger partial charge in [0.25, 0.3) is 0 Å². The first kappa shape index (κ1) is 25.1. The predicted octanol–water partition coefficient (Wildman–Crippen LogP) is 8.88. The lowest BCUT2D eigenvalue weighted by molar-refractivity contribution is -0.00518. The first-order valence-corrected chi connectivity index (χ1v) is 15.2. The Morgan fingerprint density at radius 1 is 0.524 bits per heavy atom. The van der Waals surface area contributed by atoms with Crippen LogP contribution in [-0.4, -0.2) is 15.0 Å². The average Bonchev–Trinajstić information content (AvgIpc) is 3.04. The molecule has 4 fully saturated rings. The molecule has 4 aliphatic rings. The van der Waals surface area contributed by atoms with E-state index in [0.29, 0.717) is 28.5 Å². The Kier molecular flexibility index (Phi) is 6.00. The standard InChI is InChI=1S/C38H32N4/c39-24-25-6-4-9-31(19-25)32-10-5-11-33(20-32)37-41-35(29-7-2-1-3-8-29)40-36(42-37)30-12-14-34(15-13-30)38-21-26-16-27(22-38)18-28(17-26)23-38/h1-15,19-20,26-28H,16-18,21-23H2/t26-,27-,28-,38?. The topological polar surface area (TPSA) is 62.5 Å². The molecule has 4 aromatic carbocycles. The summed E-state index contributed by atoms with van der Waals surface area (Å²) in [5.41, 5.74) is 7.43. The molecule has 5 aromatic rings. The second-order valence-electron chi connectivity index (χ2n) is 12.7. The van der Waals surface area contributed by atoms with Crippen molar-refractivity contribution in [3.63, 3.8) is 0 Å². The quantitative estimate of drug-likeness (QED) is 0.222. The molecule has 4 saturated carbocycles. The van der Waals surface area contributed by atoms with Gasteiger partial charge in [0.15, 0.2) is 17.5 Å². The number of aromatic nitrogens is 3. The van der Waals surface area contributed by atoms with E-state index in [9.17, 15) is 5.26 Å². The van der Waals surface area contributed by atoms with Gasteiger partial charge in [0.05, 0.1) is 11.6 Å². The zero-order valence-corrected chi connectivity index (χ0v) is 23.6. The molecule has 1 heterocycles. The highest BCUT2D eigenvalue weighted by Gasteiger charge is 2.51. The van der Waals surface area contributed by atoms with E-state index < -0.39 is 0 Å². The van der Waals surface area contributed by atoms with Crippen molar-refractivity contribution in [1.29, 1.82) is 5.26 Å². The summed E-state index contributed by atoms with van der Waals surface area (Å²) in [6, 6.07) is 37.5. The highest BCUT2D eigenvalue weighted by Crippen LogP contribution is 2.60. The van der Waals surface area contributed by atoms with Crippen molar-refractivity contribution in [2.24, 2.45) is 17.8 Å². The predicted molar refractivity (Wildman–Crippen MR) is 166 cm³/mol. The summed E-state index contributed by atoms with van der Waals surface area (Å²) in [6.07, 6.45) is 8.45. The van der Waals surface area contributed by atoms with Gasteiger partial charge >= 0.3 is 0 Å². The molecular weight excluding hydrogens is 512 g/mol. The van der Waals surface area contributed by atoms with Crippen molar-refractivity contribution in [2.75, 3.05) is 0 Å². The zero-order valence-electron chi connectivity index (χ0n) is 23.6. The maximum atomic E-state index is 9.39. The normalized spacial score (nSPS) is 23.9. The first-order chi connectivity index (χ1) is 20.6. The Bertz CT molecular complexity index is 1780. The maximum Gasteiger partial charge on any atom is 0.164 e. The minimum atomic E-state index is 0.371. The van der Waals surface area contributed by atoms with Crippen LogP contribution < -0.4 is 0 Å². The molecule has 204 valence electrons. The van der Waals surface area contributed by atoms with E-state index in [1.165, 1.54) is 44.1 Å². The molecule has 4 aliphatic carbocycles. The first-order valence-electron chi connectivity index (χ1n) is 15.2. The van der Waals surface area contributed by atoms with Gasteiger partial charge in [-0.05, 0) is 96.6 Å². The monoisotopic (exact) mass is 544 g/mol. The van der Waals surface area contributed by atoms with Gasteiger partial charge in [0.1, 0.15) is 0 Å². The zero-order chi connectivity index (χ0) is 28.1. The van der Waals surface area contributed by atoms with E-state index in [4.69, 9.17) is 15.0 Å². The Morgan fingerprint density at radius 2 is 1.02 bits per heavy atom. The van der Waals surface area contributed by atoms with Gasteiger partial charge in [-0.2, -0.15) is 5.26 Å². The van der Waals surface area contributed by atoms with E-state index in [2.05, 4.69) is 42.5 Å². The van der Waals surface area contributed by atoms with Gasteiger partial charge in [-0.15, -0.1) is 0 Å². The number of hydrogen-bond donors (Lipinski definition) is 0. The summed E-state index contributed by atoms with van der Waals surface area (Å²) in [5, 5.41) is 9.39. The fourth-order valence-electron chi connectivity index (χ4n) is 8.39. The molecule has 9 rings (SSSR count). The summed E-state index contributed by atoms with van der Waals surface area (Å²) in [4.78, 5) is 14.9. The molecule has 0 saturated heterocycles. The number of hydrogen-bond acceptors (Lipinski definition) is 4. The maximum absolute atomic E-state index is 9.39. The van der Waals surface area contributed by atoms with Crippen LogP contribution in [0.2, 0.25) is 0 Å². The van der Waals surface area contributed by atoms with Crippen molar-refractivity contribution in [2.45, 2.75) is 43.9 Å². The summed E-state index contributed by atoms with van der Waals surface area (Å²) >= 11 is 0. The van der Waals surface area contributed by atoms with E-state index in [0.717, 1.165) is 45.6 Å². The van der Waals surface area contributed by atoms with Crippen LogP contribution in [0.1, 0.15) is 49.7 Å². The van der Waals surface area contributed by atoms with Crippen LogP contribution in [0.3, 0.4) is 0 Å². The summed E-state index contributed by atoms with van der Waals surface area (Å²) in [6.45, 7) is 0. The smallest absolute Gasteiger partial charge is 0.164 e. The van der Waals surface area contributed by atoms with Gasteiger partial charge in [-0.25, -0.2) is 15.0 Å². The van der Waals surface area contributed by atoms with Crippen LogP contribution >= 0.6 is 0 Å². The molecule has 4 nitrogen and oxygen atoms in total. The number of rotatable bonds is 5. The fourth-order valence-corrected chi connectivity index (χ4v) is 8.39. The summed E-state index contributed by atoms with van der Waals surface area (Å²) < 4.78 is 0. The van der Waals surface area contributed by atoms with E-state index in [1.807, 2.05) is 66.7 Å². The molecule has 4 bridgehead atoms. The van der Waals surface area contributed by atoms with Crippen LogP contribution in [0.15, 0.2) is 103 Å². The molecule has 0 aliphatic heterocycles. The number of nitriles is 1. The third-order valence-corrected chi connectivity index (χ3v) is 9.91. The molecule has 1 aromatic heterocycles. The lowest BCUT2D eigenvalue weighted by atomic mass is 9.48. The molecule has 0 N–H and O–H groups in total. The Hall–Kier alpha value is -4.62. The van der Waals surface area contributed by atoms with Gasteiger partial charge in [-0.1, -0.05) is 84.9 Å². The molecule has 0 amide bonds. The van der Waals surface area contributed by atoms with Crippen molar-refractivity contribution in [3.8, 4) is 51.4 Å². The number of nitrogens with zero attached hydrogens (tertiary/aromatic N) is 4. The van der Waals surface area contributed by atoms with Crippen LogP contribution in [-0.2, 0) is 5.41 Å². The lowest BCUT2D eigenvalue weighted by Crippen LogP contribution is -2.48. The van der Waals surface area contributed by atoms with Crippen molar-refractivity contribution in [3.05, 3.63) is 114 Å². The van der Waals surface area contributed by atoms with Crippen LogP contribution in [0.5, 0.6) is 0 Å². The van der Waals surface area contributed by atoms with Crippen molar-refractivity contribution in [1.82, 2.24) is 15.0 Å². The van der Waals surface area contributed by atoms with E-state index in [-0.39, 0.29) is 0 Å². The molecule has 0 unspecified atom stereocenters. The van der Waals surface area contributed by atoms with Gasteiger partial charge in [0.2, 0.25) is 0 Å². The summed E-state index contributed by atoms with van der Waals surface area (Å²) in [7, 11) is 0. The fraction of sp³-hybridized carbons (Fsp3) is 0.263. The third kappa shape index (κ3) is 4.50. The second-order valence-corrected chi connectivity index (χ2v) is 12.7. The van der Waals surface area contributed by atoms with Crippen LogP contribution in [0.4, 0.5) is 0 Å². The second kappa shape index (κ2) is 10.0. The average molecular weight is 545 g/mol. The van der Waals surface area contributed by atoms with E-state index in [1.54, 1.807) is 0 Å². The molecule has 4 heteroatoms. The Balaban J connectivity index is 1.19. The van der Waals surface area contributed by atoms with Crippen LogP contribution in [0, 0.1) is 29.1 Å². The van der Waals surface area contributed by atoms with Crippen molar-refractivity contribution < 1.29 is 0 Å².